The molecule has 1 aliphatic heterocycles. The molecule has 0 N–H and O–H groups in total. The van der Waals surface area contributed by atoms with E-state index in [0.29, 0.717) is 28.9 Å². The number of allylic oxidation sites excluding steroid dienone is 2. The van der Waals surface area contributed by atoms with Crippen molar-refractivity contribution in [3.63, 3.8) is 0 Å². The van der Waals surface area contributed by atoms with E-state index in [1.807, 2.05) is 0 Å². The van der Waals surface area contributed by atoms with Gasteiger partial charge in [-0.15, -0.1) is 0 Å². The molecule has 31 heavy (non-hydrogen) atoms. The number of imide groups is 1. The third-order valence-corrected chi connectivity index (χ3v) is 7.31. The van der Waals surface area contributed by atoms with Crippen LogP contribution in [0.2, 0.25) is 5.02 Å². The summed E-state index contributed by atoms with van der Waals surface area (Å²) in [6, 6.07) is 7.63. The Balaban J connectivity index is 1.24. The van der Waals surface area contributed by atoms with Gasteiger partial charge in [0.15, 0.2) is 0 Å². The number of hydrazone groups is 1. The second-order valence-electron chi connectivity index (χ2n) is 8.51. The van der Waals surface area contributed by atoms with E-state index in [9.17, 15) is 19.7 Å². The van der Waals surface area contributed by atoms with E-state index in [1.54, 1.807) is 18.2 Å². The predicted octanol–water partition coefficient (Wildman–Crippen LogP) is 3.90. The zero-order chi connectivity index (χ0) is 21.4. The molecule has 8 nitrogen and oxygen atoms in total. The summed E-state index contributed by atoms with van der Waals surface area (Å²) in [5, 5.41) is 16.3. The predicted molar refractivity (Wildman–Crippen MR) is 110 cm³/mol. The molecule has 2 aromatic rings. The van der Waals surface area contributed by atoms with Gasteiger partial charge < -0.3 is 4.42 Å². The lowest BCUT2D eigenvalue weighted by Crippen LogP contribution is -2.40. The Bertz CT molecular complexity index is 1180. The van der Waals surface area contributed by atoms with Gasteiger partial charge in [-0.2, -0.15) is 10.1 Å². The van der Waals surface area contributed by atoms with Crippen molar-refractivity contribution < 1.29 is 18.9 Å². The first-order valence-electron chi connectivity index (χ1n) is 10.1. The van der Waals surface area contributed by atoms with Crippen molar-refractivity contribution in [2.75, 3.05) is 0 Å². The van der Waals surface area contributed by atoms with Gasteiger partial charge in [0.05, 0.1) is 23.0 Å². The minimum Gasteiger partial charge on any atom is -0.455 e. The minimum atomic E-state index is -0.562. The molecule has 4 aliphatic carbocycles. The maximum atomic E-state index is 12.9. The number of halogens is 1. The number of furan rings is 1. The maximum absolute atomic E-state index is 12.9. The van der Waals surface area contributed by atoms with Gasteiger partial charge in [0.2, 0.25) is 0 Å². The number of nitro groups is 1. The summed E-state index contributed by atoms with van der Waals surface area (Å²) in [5.74, 6) is 0.992. The fourth-order valence-electron chi connectivity index (χ4n) is 5.55. The first-order valence-corrected chi connectivity index (χ1v) is 10.5. The number of amides is 2. The van der Waals surface area contributed by atoms with Crippen LogP contribution in [0.1, 0.15) is 12.2 Å². The van der Waals surface area contributed by atoms with Gasteiger partial charge in [-0.1, -0.05) is 23.8 Å². The van der Waals surface area contributed by atoms with E-state index in [2.05, 4.69) is 17.3 Å². The summed E-state index contributed by atoms with van der Waals surface area (Å²) in [6.07, 6.45) is 6.67. The lowest BCUT2D eigenvalue weighted by atomic mass is 9.63. The van der Waals surface area contributed by atoms with E-state index in [0.717, 1.165) is 11.4 Å². The Morgan fingerprint density at radius 2 is 1.77 bits per heavy atom. The molecule has 2 heterocycles. The maximum Gasteiger partial charge on any atom is 0.288 e. The Morgan fingerprint density at radius 3 is 2.42 bits per heavy atom. The van der Waals surface area contributed by atoms with Crippen LogP contribution < -0.4 is 0 Å². The normalized spacial score (nSPS) is 32.6. The third-order valence-electron chi connectivity index (χ3n) is 6.99. The first-order chi connectivity index (χ1) is 14.9. The average Bonchev–Trinajstić information content (AvgIpc) is 3.39. The lowest BCUT2D eigenvalue weighted by Gasteiger charge is -2.37. The summed E-state index contributed by atoms with van der Waals surface area (Å²) in [4.78, 5) is 36.4. The Kier molecular flexibility index (Phi) is 3.80. The topological polar surface area (TPSA) is 106 Å². The highest BCUT2D eigenvalue weighted by atomic mass is 35.5. The van der Waals surface area contributed by atoms with Crippen molar-refractivity contribution in [2.45, 2.75) is 6.42 Å². The molecule has 2 bridgehead atoms. The standard InChI is InChI=1S/C22H16ClN3O5/c23-16-5-1-10(7-17(16)26(29)30)18-6-2-11(31-18)9-24-25-21(27)19-12-3-4-13(15-8-14(12)15)20(19)22(25)28/h1-7,9,12-15,19-20H,8H2/b24-9-/t12-,13+,14+,15-,19+,20-. The van der Waals surface area contributed by atoms with Crippen molar-refractivity contribution in [3.05, 3.63) is 63.4 Å². The molecule has 6 atom stereocenters. The zero-order valence-corrected chi connectivity index (χ0v) is 16.8. The van der Waals surface area contributed by atoms with Crippen LogP contribution in [0.5, 0.6) is 0 Å². The van der Waals surface area contributed by atoms with Crippen LogP contribution in [0.4, 0.5) is 5.69 Å². The summed E-state index contributed by atoms with van der Waals surface area (Å²) >= 11 is 5.85. The Labute approximate surface area is 181 Å². The number of benzene rings is 1. The van der Waals surface area contributed by atoms with Gasteiger partial charge in [-0.3, -0.25) is 19.7 Å². The Hall–Kier alpha value is -3.26. The summed E-state index contributed by atoms with van der Waals surface area (Å²) in [6.45, 7) is 0. The van der Waals surface area contributed by atoms with Gasteiger partial charge in [0.1, 0.15) is 16.5 Å². The minimum absolute atomic E-state index is 0.0377. The molecule has 0 spiro atoms. The van der Waals surface area contributed by atoms with Crippen LogP contribution in [0, 0.1) is 45.6 Å². The number of carbonyl (C=O) groups excluding carboxylic acids is 2. The molecule has 3 fully saturated rings. The molecule has 1 aromatic carbocycles. The van der Waals surface area contributed by atoms with Crippen LogP contribution in [0.15, 0.2) is 52.0 Å². The van der Waals surface area contributed by atoms with Crippen molar-refractivity contribution in [1.29, 1.82) is 0 Å². The van der Waals surface area contributed by atoms with Gasteiger partial charge in [0.25, 0.3) is 17.5 Å². The molecule has 5 aliphatic rings. The second-order valence-corrected chi connectivity index (χ2v) is 8.92. The third kappa shape index (κ3) is 2.64. The monoisotopic (exact) mass is 437 g/mol. The van der Waals surface area contributed by atoms with Crippen LogP contribution in [0.25, 0.3) is 11.3 Å². The molecular formula is C22H16ClN3O5. The van der Waals surface area contributed by atoms with Gasteiger partial charge in [-0.05, 0) is 54.4 Å². The molecule has 2 amide bonds. The molecule has 0 radical (unpaired) electrons. The van der Waals surface area contributed by atoms with Crippen LogP contribution in [-0.4, -0.2) is 28.0 Å². The largest absolute Gasteiger partial charge is 0.455 e. The molecule has 1 aromatic heterocycles. The van der Waals surface area contributed by atoms with Gasteiger partial charge in [0, 0.05) is 11.6 Å². The zero-order valence-electron chi connectivity index (χ0n) is 16.1. The Morgan fingerprint density at radius 1 is 1.10 bits per heavy atom. The number of hydrogen-bond acceptors (Lipinski definition) is 6. The van der Waals surface area contributed by atoms with Crippen LogP contribution in [-0.2, 0) is 9.59 Å². The second kappa shape index (κ2) is 6.37. The van der Waals surface area contributed by atoms with Crippen LogP contribution >= 0.6 is 11.6 Å². The molecule has 7 rings (SSSR count). The van der Waals surface area contributed by atoms with Gasteiger partial charge >= 0.3 is 0 Å². The SMILES string of the molecule is O=C1[C@@H]2[C@H]3C=C[C@H]([C@@H]4C[C@H]34)[C@@H]2C(=O)N1/N=C\c1ccc(-c2ccc(Cl)c([N+](=O)[O-])c2)o1. The van der Waals surface area contributed by atoms with Gasteiger partial charge in [-0.25, -0.2) is 0 Å². The fourth-order valence-corrected chi connectivity index (χ4v) is 5.74. The van der Waals surface area contributed by atoms with Crippen molar-refractivity contribution in [3.8, 4) is 11.3 Å². The first kappa shape index (κ1) is 18.5. The van der Waals surface area contributed by atoms with E-state index in [1.165, 1.54) is 18.3 Å². The van der Waals surface area contributed by atoms with E-state index >= 15 is 0 Å². The quantitative estimate of drug-likeness (QED) is 0.237. The highest BCUT2D eigenvalue weighted by Gasteiger charge is 2.67. The highest BCUT2D eigenvalue weighted by Crippen LogP contribution is 2.65. The van der Waals surface area contributed by atoms with Crippen LogP contribution in [0.3, 0.4) is 0 Å². The molecule has 156 valence electrons. The highest BCUT2D eigenvalue weighted by molar-refractivity contribution is 6.32. The molecular weight excluding hydrogens is 422 g/mol. The molecule has 9 heteroatoms. The lowest BCUT2D eigenvalue weighted by molar-refractivity contribution is -0.384. The number of nitrogens with zero attached hydrogens (tertiary/aromatic N) is 3. The summed E-state index contributed by atoms with van der Waals surface area (Å²) < 4.78 is 5.70. The number of rotatable bonds is 4. The summed E-state index contributed by atoms with van der Waals surface area (Å²) in [7, 11) is 0. The average molecular weight is 438 g/mol. The molecule has 2 saturated carbocycles. The van der Waals surface area contributed by atoms with E-state index in [-0.39, 0.29) is 46.2 Å². The van der Waals surface area contributed by atoms with E-state index in [4.69, 9.17) is 16.0 Å². The molecule has 1 saturated heterocycles. The summed E-state index contributed by atoms with van der Waals surface area (Å²) in [5.41, 5.74) is 0.264. The number of nitro benzene ring substituents is 1. The van der Waals surface area contributed by atoms with Crippen molar-refractivity contribution >= 4 is 35.3 Å². The molecule has 0 unspecified atom stereocenters. The number of carbonyl (C=O) groups is 2. The fraction of sp³-hybridized carbons (Fsp3) is 0.318. The van der Waals surface area contributed by atoms with Crippen molar-refractivity contribution in [1.82, 2.24) is 5.01 Å². The van der Waals surface area contributed by atoms with Crippen molar-refractivity contribution in [2.24, 2.45) is 40.6 Å². The van der Waals surface area contributed by atoms with E-state index < -0.39 is 4.92 Å². The number of hydrogen-bond donors (Lipinski definition) is 0. The smallest absolute Gasteiger partial charge is 0.288 e.